The fraction of sp³-hybridized carbons (Fsp3) is 0.389. The van der Waals surface area contributed by atoms with Crippen LogP contribution < -0.4 is 0 Å². The minimum Gasteiger partial charge on any atom is -0.451 e. The Labute approximate surface area is 139 Å². The van der Waals surface area contributed by atoms with Crippen molar-refractivity contribution in [3.63, 3.8) is 0 Å². The Morgan fingerprint density at radius 3 is 3.00 bits per heavy atom. The summed E-state index contributed by atoms with van der Waals surface area (Å²) in [5, 5.41) is 8.14. The number of rotatable bonds is 2. The molecule has 1 aromatic carbocycles. The highest BCUT2D eigenvalue weighted by Crippen LogP contribution is 2.28. The van der Waals surface area contributed by atoms with Gasteiger partial charge in [0.25, 0.3) is 5.91 Å². The number of nitrogens with zero attached hydrogens (tertiary/aromatic N) is 3. The van der Waals surface area contributed by atoms with E-state index >= 15 is 0 Å². The topological polar surface area (TPSA) is 75.0 Å². The van der Waals surface area contributed by atoms with Gasteiger partial charge >= 0.3 is 0 Å². The first-order valence-corrected chi connectivity index (χ1v) is 8.29. The highest BCUT2D eigenvalue weighted by atomic mass is 16.3. The van der Waals surface area contributed by atoms with Gasteiger partial charge in [-0.3, -0.25) is 9.89 Å². The molecule has 1 aliphatic rings. The molecule has 4 rings (SSSR count). The van der Waals surface area contributed by atoms with Gasteiger partial charge in [-0.05, 0) is 44.4 Å². The normalized spacial score (nSPS) is 18.2. The number of furan rings is 1. The number of H-pyrrole nitrogens is 1. The van der Waals surface area contributed by atoms with E-state index in [1.165, 1.54) is 0 Å². The number of hydrogen-bond donors (Lipinski definition) is 1. The van der Waals surface area contributed by atoms with Crippen LogP contribution in [0.25, 0.3) is 11.0 Å². The molecule has 3 aromatic rings. The van der Waals surface area contributed by atoms with Crippen LogP contribution in [0.15, 0.2) is 28.7 Å². The van der Waals surface area contributed by atoms with Crippen molar-refractivity contribution in [3.8, 4) is 0 Å². The number of aromatic nitrogens is 3. The first-order chi connectivity index (χ1) is 11.6. The van der Waals surface area contributed by atoms with Crippen molar-refractivity contribution in [3.05, 3.63) is 47.2 Å². The predicted molar refractivity (Wildman–Crippen MR) is 89.9 cm³/mol. The molecule has 0 saturated carbocycles. The lowest BCUT2D eigenvalue weighted by Gasteiger charge is -2.30. The summed E-state index contributed by atoms with van der Waals surface area (Å²) in [5.41, 5.74) is 1.87. The lowest BCUT2D eigenvalue weighted by atomic mass is 9.97. The van der Waals surface area contributed by atoms with Gasteiger partial charge in [0.05, 0.1) is 0 Å². The Morgan fingerprint density at radius 1 is 1.38 bits per heavy atom. The number of hydrogen-bond acceptors (Lipinski definition) is 4. The molecule has 24 heavy (non-hydrogen) atoms. The van der Waals surface area contributed by atoms with E-state index < -0.39 is 0 Å². The number of piperidine rings is 1. The smallest absolute Gasteiger partial charge is 0.289 e. The van der Waals surface area contributed by atoms with E-state index in [9.17, 15) is 4.79 Å². The highest BCUT2D eigenvalue weighted by molar-refractivity contribution is 5.96. The van der Waals surface area contributed by atoms with E-state index in [-0.39, 0.29) is 11.8 Å². The van der Waals surface area contributed by atoms with Crippen LogP contribution in [0.3, 0.4) is 0 Å². The number of carbonyl (C=O) groups is 1. The van der Waals surface area contributed by atoms with Gasteiger partial charge < -0.3 is 9.32 Å². The van der Waals surface area contributed by atoms with E-state index in [4.69, 9.17) is 4.42 Å². The van der Waals surface area contributed by atoms with Crippen molar-refractivity contribution in [2.75, 3.05) is 13.1 Å². The molecule has 1 N–H and O–H groups in total. The quantitative estimate of drug-likeness (QED) is 0.785. The fourth-order valence-corrected chi connectivity index (χ4v) is 3.38. The SMILES string of the molecule is Cc1nc(C2CCCN(C(=O)c3cc4c(C)cccc4o3)C2)n[nH]1. The summed E-state index contributed by atoms with van der Waals surface area (Å²) >= 11 is 0. The molecule has 0 aliphatic carbocycles. The molecule has 3 heterocycles. The minimum atomic E-state index is -0.0532. The third-order valence-corrected chi connectivity index (χ3v) is 4.68. The zero-order valence-corrected chi connectivity index (χ0v) is 13.9. The first kappa shape index (κ1) is 14.9. The molecule has 6 heteroatoms. The zero-order valence-electron chi connectivity index (χ0n) is 13.9. The third-order valence-electron chi connectivity index (χ3n) is 4.68. The van der Waals surface area contributed by atoms with Crippen LogP contribution in [-0.4, -0.2) is 39.1 Å². The number of nitrogens with one attached hydrogen (secondary N) is 1. The molecule has 2 aromatic heterocycles. The van der Waals surface area contributed by atoms with Gasteiger partial charge in [-0.15, -0.1) is 0 Å². The predicted octanol–water partition coefficient (Wildman–Crippen LogP) is 3.19. The molecule has 0 bridgehead atoms. The molecule has 124 valence electrons. The lowest BCUT2D eigenvalue weighted by Crippen LogP contribution is -2.39. The molecule has 6 nitrogen and oxygen atoms in total. The fourth-order valence-electron chi connectivity index (χ4n) is 3.38. The number of fused-ring (bicyclic) bond motifs is 1. The second-order valence-corrected chi connectivity index (χ2v) is 6.47. The maximum absolute atomic E-state index is 12.8. The van der Waals surface area contributed by atoms with Crippen molar-refractivity contribution in [2.45, 2.75) is 32.6 Å². The van der Waals surface area contributed by atoms with Crippen molar-refractivity contribution in [2.24, 2.45) is 0 Å². The van der Waals surface area contributed by atoms with Crippen LogP contribution in [0.4, 0.5) is 0 Å². The van der Waals surface area contributed by atoms with Crippen molar-refractivity contribution < 1.29 is 9.21 Å². The van der Waals surface area contributed by atoms with Gasteiger partial charge in [0.2, 0.25) is 0 Å². The molecule has 1 saturated heterocycles. The van der Waals surface area contributed by atoms with Gasteiger partial charge in [-0.25, -0.2) is 4.98 Å². The first-order valence-electron chi connectivity index (χ1n) is 8.29. The Morgan fingerprint density at radius 2 is 2.25 bits per heavy atom. The average molecular weight is 324 g/mol. The average Bonchev–Trinajstić information content (AvgIpc) is 3.21. The second kappa shape index (κ2) is 5.78. The van der Waals surface area contributed by atoms with E-state index in [1.54, 1.807) is 0 Å². The zero-order chi connectivity index (χ0) is 16.7. The summed E-state index contributed by atoms with van der Waals surface area (Å²) in [6, 6.07) is 7.72. The van der Waals surface area contributed by atoms with Crippen molar-refractivity contribution in [1.82, 2.24) is 20.1 Å². The van der Waals surface area contributed by atoms with Crippen LogP contribution in [0.5, 0.6) is 0 Å². The summed E-state index contributed by atoms with van der Waals surface area (Å²) in [7, 11) is 0. The third kappa shape index (κ3) is 2.58. The molecule has 1 aliphatic heterocycles. The van der Waals surface area contributed by atoms with E-state index in [0.29, 0.717) is 12.3 Å². The Hall–Kier alpha value is -2.63. The Kier molecular flexibility index (Phi) is 3.59. The summed E-state index contributed by atoms with van der Waals surface area (Å²) in [6.45, 7) is 5.29. The Balaban J connectivity index is 1.57. The number of aromatic amines is 1. The molecule has 1 unspecified atom stereocenters. The van der Waals surface area contributed by atoms with Gasteiger partial charge in [-0.1, -0.05) is 12.1 Å². The Bertz CT molecular complexity index is 895. The standard InChI is InChI=1S/C18H20N4O2/c1-11-5-3-7-15-14(11)9-16(24-15)18(23)22-8-4-6-13(10-22)17-19-12(2)20-21-17/h3,5,7,9,13H,4,6,8,10H2,1-2H3,(H,19,20,21). The van der Waals surface area contributed by atoms with Crippen molar-refractivity contribution >= 4 is 16.9 Å². The number of benzene rings is 1. The molecule has 1 fully saturated rings. The summed E-state index contributed by atoms with van der Waals surface area (Å²) in [6.07, 6.45) is 1.95. The van der Waals surface area contributed by atoms with Gasteiger partial charge in [0, 0.05) is 24.4 Å². The monoisotopic (exact) mass is 324 g/mol. The lowest BCUT2D eigenvalue weighted by molar-refractivity contribution is 0.0675. The van der Waals surface area contributed by atoms with Crippen molar-refractivity contribution in [1.29, 1.82) is 0 Å². The summed E-state index contributed by atoms with van der Waals surface area (Å²) in [4.78, 5) is 19.1. The minimum absolute atomic E-state index is 0.0532. The van der Waals surface area contributed by atoms with Crippen LogP contribution in [0.2, 0.25) is 0 Å². The van der Waals surface area contributed by atoms with Gasteiger partial charge in [-0.2, -0.15) is 5.10 Å². The van der Waals surface area contributed by atoms with E-state index in [0.717, 1.165) is 47.6 Å². The maximum atomic E-state index is 12.8. The number of amides is 1. The van der Waals surface area contributed by atoms with Crippen LogP contribution in [0.1, 0.15) is 46.5 Å². The van der Waals surface area contributed by atoms with Crippen LogP contribution >= 0.6 is 0 Å². The molecule has 0 radical (unpaired) electrons. The largest absolute Gasteiger partial charge is 0.451 e. The van der Waals surface area contributed by atoms with Gasteiger partial charge in [0.1, 0.15) is 11.4 Å². The van der Waals surface area contributed by atoms with Crippen LogP contribution in [-0.2, 0) is 0 Å². The number of carbonyl (C=O) groups excluding carboxylic acids is 1. The highest BCUT2D eigenvalue weighted by Gasteiger charge is 2.29. The second-order valence-electron chi connectivity index (χ2n) is 6.47. The van der Waals surface area contributed by atoms with E-state index in [2.05, 4.69) is 15.2 Å². The van der Waals surface area contributed by atoms with Gasteiger partial charge in [0.15, 0.2) is 11.6 Å². The molecule has 1 atom stereocenters. The van der Waals surface area contributed by atoms with E-state index in [1.807, 2.05) is 43.0 Å². The molecule has 1 amide bonds. The number of likely N-dealkylation sites (tertiary alicyclic amines) is 1. The van der Waals surface area contributed by atoms with Crippen LogP contribution in [0, 0.1) is 13.8 Å². The maximum Gasteiger partial charge on any atom is 0.289 e. The number of aryl methyl sites for hydroxylation is 2. The summed E-state index contributed by atoms with van der Waals surface area (Å²) < 4.78 is 5.78. The molecule has 0 spiro atoms. The molecular formula is C18H20N4O2. The molecular weight excluding hydrogens is 304 g/mol. The summed E-state index contributed by atoms with van der Waals surface area (Å²) in [5.74, 6) is 2.14.